The molecule has 3 nitrogen and oxygen atoms in total. The molecule has 2 rings (SSSR count). The van der Waals surface area contributed by atoms with Crippen molar-refractivity contribution < 1.29 is 12.8 Å². The Balaban J connectivity index is 2.60. The number of benzene rings is 2. The molecule has 112 valence electrons. The third-order valence-corrected chi connectivity index (χ3v) is 5.88. The van der Waals surface area contributed by atoms with Gasteiger partial charge in [-0.1, -0.05) is 28.1 Å². The first-order valence-corrected chi connectivity index (χ1v) is 8.99. The van der Waals surface area contributed by atoms with E-state index in [0.717, 1.165) is 12.1 Å². The molecular weight excluding hydrogens is 437 g/mol. The molecule has 7 heteroatoms. The zero-order valence-corrected chi connectivity index (χ0v) is 14.9. The summed E-state index contributed by atoms with van der Waals surface area (Å²) in [6.45, 7) is 0. The first-order valence-electron chi connectivity index (χ1n) is 5.92. The maximum absolute atomic E-state index is 13.2. The molecular formula is C15H8Br2FNO2S. The predicted octanol–water partition coefficient (Wildman–Crippen LogP) is 4.69. The largest absolute Gasteiger partial charge is 0.218 e. The van der Waals surface area contributed by atoms with Crippen LogP contribution in [0.5, 0.6) is 0 Å². The van der Waals surface area contributed by atoms with Crippen LogP contribution >= 0.6 is 31.9 Å². The third-order valence-electron chi connectivity index (χ3n) is 2.73. The fraction of sp³-hybridized carbons (Fsp3) is 0. The molecule has 0 amide bonds. The summed E-state index contributed by atoms with van der Waals surface area (Å²) in [6.07, 6.45) is 1.14. The second-order valence-corrected chi connectivity index (χ2v) is 7.91. The summed E-state index contributed by atoms with van der Waals surface area (Å²) in [5.41, 5.74) is 0.297. The molecule has 0 radical (unpaired) electrons. The molecule has 0 saturated carbocycles. The lowest BCUT2D eigenvalue weighted by Crippen LogP contribution is -2.04. The van der Waals surface area contributed by atoms with Gasteiger partial charge in [-0.15, -0.1) is 0 Å². The molecule has 0 bridgehead atoms. The van der Waals surface area contributed by atoms with E-state index in [1.165, 1.54) is 24.3 Å². The highest BCUT2D eigenvalue weighted by Crippen LogP contribution is 2.30. The lowest BCUT2D eigenvalue weighted by atomic mass is 10.2. The zero-order valence-electron chi connectivity index (χ0n) is 10.9. The number of sulfone groups is 1. The van der Waals surface area contributed by atoms with Crippen molar-refractivity contribution >= 4 is 47.8 Å². The van der Waals surface area contributed by atoms with E-state index in [9.17, 15) is 18.1 Å². The van der Waals surface area contributed by atoms with Gasteiger partial charge in [0.15, 0.2) is 0 Å². The van der Waals surface area contributed by atoms with E-state index in [2.05, 4.69) is 31.9 Å². The standard InChI is InChI=1S/C15H8Br2FNO2S/c16-11-4-5-14(17)15(8-11)22(20,21)13(9-19)7-10-2-1-3-12(18)6-10/h1-8H/b13-7+. The Morgan fingerprint density at radius 1 is 1.18 bits per heavy atom. The van der Waals surface area contributed by atoms with Crippen molar-refractivity contribution in [3.63, 3.8) is 0 Å². The summed E-state index contributed by atoms with van der Waals surface area (Å²) in [4.78, 5) is -0.497. The highest BCUT2D eigenvalue weighted by molar-refractivity contribution is 9.11. The maximum Gasteiger partial charge on any atom is 0.217 e. The number of rotatable bonds is 3. The molecule has 2 aromatic carbocycles. The molecule has 2 aromatic rings. The number of hydrogen-bond donors (Lipinski definition) is 0. The Morgan fingerprint density at radius 3 is 2.55 bits per heavy atom. The van der Waals surface area contributed by atoms with Crippen molar-refractivity contribution in [3.05, 3.63) is 67.7 Å². The first-order chi connectivity index (χ1) is 10.3. The summed E-state index contributed by atoms with van der Waals surface area (Å²) in [6, 6.07) is 11.7. The molecule has 0 aromatic heterocycles. The van der Waals surface area contributed by atoms with Crippen LogP contribution in [-0.2, 0) is 9.84 Å². The molecule has 22 heavy (non-hydrogen) atoms. The van der Waals surface area contributed by atoms with E-state index >= 15 is 0 Å². The van der Waals surface area contributed by atoms with Gasteiger partial charge < -0.3 is 0 Å². The van der Waals surface area contributed by atoms with Crippen LogP contribution in [0, 0.1) is 17.1 Å². The van der Waals surface area contributed by atoms with Crippen LogP contribution in [0.25, 0.3) is 6.08 Å². The summed E-state index contributed by atoms with van der Waals surface area (Å²) in [5, 5.41) is 9.20. The summed E-state index contributed by atoms with van der Waals surface area (Å²) in [7, 11) is -4.01. The van der Waals surface area contributed by atoms with E-state index < -0.39 is 20.6 Å². The summed E-state index contributed by atoms with van der Waals surface area (Å²) < 4.78 is 39.3. The second kappa shape index (κ2) is 6.73. The van der Waals surface area contributed by atoms with Crippen molar-refractivity contribution in [3.8, 4) is 6.07 Å². The molecule has 0 fully saturated rings. The van der Waals surface area contributed by atoms with E-state index in [4.69, 9.17) is 0 Å². The highest BCUT2D eigenvalue weighted by atomic mass is 79.9. The van der Waals surface area contributed by atoms with Gasteiger partial charge in [0.05, 0.1) is 4.90 Å². The number of halogens is 3. The van der Waals surface area contributed by atoms with Crippen LogP contribution < -0.4 is 0 Å². The maximum atomic E-state index is 13.2. The van der Waals surface area contributed by atoms with Crippen molar-refractivity contribution in [1.29, 1.82) is 5.26 Å². The molecule has 0 aliphatic heterocycles. The van der Waals surface area contributed by atoms with Crippen LogP contribution in [0.3, 0.4) is 0 Å². The molecule has 0 heterocycles. The van der Waals surface area contributed by atoms with E-state index in [-0.39, 0.29) is 4.90 Å². The fourth-order valence-corrected chi connectivity index (χ4v) is 4.37. The Hall–Kier alpha value is -1.49. The Kier molecular flexibility index (Phi) is 5.16. The van der Waals surface area contributed by atoms with Crippen LogP contribution in [0.1, 0.15) is 5.56 Å². The van der Waals surface area contributed by atoms with Gasteiger partial charge in [0, 0.05) is 8.95 Å². The Morgan fingerprint density at radius 2 is 1.91 bits per heavy atom. The van der Waals surface area contributed by atoms with Gasteiger partial charge in [-0.25, -0.2) is 12.8 Å². The number of nitriles is 1. The van der Waals surface area contributed by atoms with Gasteiger partial charge in [-0.2, -0.15) is 5.26 Å². The van der Waals surface area contributed by atoms with Crippen LogP contribution in [-0.4, -0.2) is 8.42 Å². The molecule has 0 aliphatic carbocycles. The molecule has 0 saturated heterocycles. The van der Waals surface area contributed by atoms with Crippen molar-refractivity contribution in [2.24, 2.45) is 0 Å². The average Bonchev–Trinajstić information content (AvgIpc) is 2.47. The minimum Gasteiger partial charge on any atom is -0.218 e. The van der Waals surface area contributed by atoms with E-state index in [0.29, 0.717) is 14.5 Å². The monoisotopic (exact) mass is 443 g/mol. The Labute approximate surface area is 144 Å². The summed E-state index contributed by atoms with van der Waals surface area (Å²) >= 11 is 6.36. The minimum atomic E-state index is -4.01. The second-order valence-electron chi connectivity index (χ2n) is 4.25. The topological polar surface area (TPSA) is 57.9 Å². The SMILES string of the molecule is N#C/C(=C\c1cccc(F)c1)S(=O)(=O)c1cc(Br)ccc1Br. The molecule has 0 atom stereocenters. The Bertz CT molecular complexity index is 902. The van der Waals surface area contributed by atoms with Crippen LogP contribution in [0.15, 0.2) is 61.2 Å². The first kappa shape index (κ1) is 16.9. The summed E-state index contributed by atoms with van der Waals surface area (Å²) in [5.74, 6) is -0.507. The molecule has 0 N–H and O–H groups in total. The minimum absolute atomic E-state index is 0.0360. The van der Waals surface area contributed by atoms with Gasteiger partial charge in [0.2, 0.25) is 9.84 Å². The number of nitrogens with zero attached hydrogens (tertiary/aromatic N) is 1. The number of allylic oxidation sites excluding steroid dienone is 1. The van der Waals surface area contributed by atoms with Gasteiger partial charge >= 0.3 is 0 Å². The highest BCUT2D eigenvalue weighted by Gasteiger charge is 2.23. The predicted molar refractivity (Wildman–Crippen MR) is 89.0 cm³/mol. The third kappa shape index (κ3) is 3.64. The van der Waals surface area contributed by atoms with Crippen molar-refractivity contribution in [2.75, 3.05) is 0 Å². The lowest BCUT2D eigenvalue weighted by Gasteiger charge is -2.06. The number of hydrogen-bond acceptors (Lipinski definition) is 3. The normalized spacial score (nSPS) is 12.0. The average molecular weight is 445 g/mol. The van der Waals surface area contributed by atoms with Crippen molar-refractivity contribution in [2.45, 2.75) is 4.90 Å². The van der Waals surface area contributed by atoms with E-state index in [1.54, 1.807) is 18.2 Å². The van der Waals surface area contributed by atoms with Crippen LogP contribution in [0.2, 0.25) is 0 Å². The van der Waals surface area contributed by atoms with Gasteiger partial charge in [-0.05, 0) is 57.9 Å². The quantitative estimate of drug-likeness (QED) is 0.645. The molecule has 0 unspecified atom stereocenters. The zero-order chi connectivity index (χ0) is 16.3. The smallest absolute Gasteiger partial charge is 0.217 e. The van der Waals surface area contributed by atoms with E-state index in [1.807, 2.05) is 0 Å². The molecule has 0 spiro atoms. The van der Waals surface area contributed by atoms with Crippen molar-refractivity contribution in [1.82, 2.24) is 0 Å². The lowest BCUT2D eigenvalue weighted by molar-refractivity contribution is 0.602. The van der Waals surface area contributed by atoms with Gasteiger partial charge in [-0.3, -0.25) is 0 Å². The van der Waals surface area contributed by atoms with Gasteiger partial charge in [0.25, 0.3) is 0 Å². The fourth-order valence-electron chi connectivity index (χ4n) is 1.72. The van der Waals surface area contributed by atoms with Crippen LogP contribution in [0.4, 0.5) is 4.39 Å². The van der Waals surface area contributed by atoms with Gasteiger partial charge in [0.1, 0.15) is 16.8 Å². The molecule has 0 aliphatic rings.